The molecule has 3 heteroatoms. The summed E-state index contributed by atoms with van der Waals surface area (Å²) in [7, 11) is 0. The van der Waals surface area contributed by atoms with Crippen molar-refractivity contribution in [3.05, 3.63) is 11.6 Å². The normalized spacial score (nSPS) is 30.6. The summed E-state index contributed by atoms with van der Waals surface area (Å²) in [4.78, 5) is 2.52. The second kappa shape index (κ2) is 6.53. The molecule has 0 amide bonds. The lowest BCUT2D eigenvalue weighted by Gasteiger charge is -2.27. The van der Waals surface area contributed by atoms with Crippen LogP contribution in [0.25, 0.3) is 0 Å². The van der Waals surface area contributed by atoms with Crippen LogP contribution in [0.1, 0.15) is 33.1 Å². The lowest BCUT2D eigenvalue weighted by Crippen LogP contribution is -2.36. The van der Waals surface area contributed by atoms with Gasteiger partial charge in [0.15, 0.2) is 0 Å². The molecule has 1 N–H and O–H groups in total. The molecule has 2 atom stereocenters. The van der Waals surface area contributed by atoms with Gasteiger partial charge in [-0.15, -0.1) is 0 Å². The fourth-order valence-corrected chi connectivity index (χ4v) is 2.64. The van der Waals surface area contributed by atoms with Gasteiger partial charge in [0, 0.05) is 26.2 Å². The molecule has 0 aromatic carbocycles. The average Bonchev–Trinajstić information content (AvgIpc) is 2.77. The number of hydrogen-bond donors (Lipinski definition) is 1. The van der Waals surface area contributed by atoms with Gasteiger partial charge in [-0.05, 0) is 32.7 Å². The van der Waals surface area contributed by atoms with Crippen LogP contribution < -0.4 is 5.32 Å². The minimum Gasteiger partial charge on any atom is -0.372 e. The van der Waals surface area contributed by atoms with E-state index in [0.29, 0.717) is 12.2 Å². The van der Waals surface area contributed by atoms with Crippen molar-refractivity contribution in [3.63, 3.8) is 0 Å². The summed E-state index contributed by atoms with van der Waals surface area (Å²) in [6.45, 7) is 9.88. The molecule has 2 heterocycles. The van der Waals surface area contributed by atoms with Crippen molar-refractivity contribution >= 4 is 0 Å². The Morgan fingerprint density at radius 2 is 2.24 bits per heavy atom. The van der Waals surface area contributed by atoms with Gasteiger partial charge >= 0.3 is 0 Å². The van der Waals surface area contributed by atoms with Gasteiger partial charge in [0.25, 0.3) is 0 Å². The van der Waals surface area contributed by atoms with Gasteiger partial charge in [-0.3, -0.25) is 4.90 Å². The van der Waals surface area contributed by atoms with E-state index in [1.54, 1.807) is 5.57 Å². The Bertz CT molecular complexity index is 265. The van der Waals surface area contributed by atoms with Crippen molar-refractivity contribution in [1.82, 2.24) is 10.2 Å². The number of hydrogen-bond acceptors (Lipinski definition) is 3. The van der Waals surface area contributed by atoms with Crippen LogP contribution in [-0.2, 0) is 4.74 Å². The molecule has 0 spiro atoms. The molecule has 2 unspecified atom stereocenters. The fourth-order valence-electron chi connectivity index (χ4n) is 2.64. The number of likely N-dealkylation sites (N-methyl/N-ethyl adjacent to an activating group) is 1. The topological polar surface area (TPSA) is 24.5 Å². The number of ether oxygens (including phenoxy) is 1. The fraction of sp³-hybridized carbons (Fsp3) is 0.857. The van der Waals surface area contributed by atoms with Crippen LogP contribution >= 0.6 is 0 Å². The predicted molar refractivity (Wildman–Crippen MR) is 71.3 cm³/mol. The molecule has 2 aliphatic heterocycles. The van der Waals surface area contributed by atoms with Crippen LogP contribution in [0.3, 0.4) is 0 Å². The number of nitrogens with one attached hydrogen (secondary N) is 1. The highest BCUT2D eigenvalue weighted by atomic mass is 16.5. The van der Waals surface area contributed by atoms with Gasteiger partial charge in [0.1, 0.15) is 0 Å². The summed E-state index contributed by atoms with van der Waals surface area (Å²) < 4.78 is 6.07. The maximum absolute atomic E-state index is 6.07. The highest BCUT2D eigenvalue weighted by Crippen LogP contribution is 2.21. The second-order valence-corrected chi connectivity index (χ2v) is 5.33. The second-order valence-electron chi connectivity index (χ2n) is 5.33. The third-order valence-corrected chi connectivity index (χ3v) is 3.80. The Balaban J connectivity index is 1.67. The molecule has 3 nitrogen and oxygen atoms in total. The summed E-state index contributed by atoms with van der Waals surface area (Å²) in [6.07, 6.45) is 6.95. The van der Waals surface area contributed by atoms with Crippen molar-refractivity contribution in [1.29, 1.82) is 0 Å². The van der Waals surface area contributed by atoms with Gasteiger partial charge in [0.2, 0.25) is 0 Å². The van der Waals surface area contributed by atoms with E-state index in [1.807, 2.05) is 0 Å². The number of rotatable bonds is 5. The third-order valence-electron chi connectivity index (χ3n) is 3.80. The molecule has 2 rings (SSSR count). The Morgan fingerprint density at radius 3 is 2.94 bits per heavy atom. The monoisotopic (exact) mass is 238 g/mol. The lowest BCUT2D eigenvalue weighted by atomic mass is 10.1. The van der Waals surface area contributed by atoms with Crippen molar-refractivity contribution < 1.29 is 4.74 Å². The molecule has 0 bridgehead atoms. The van der Waals surface area contributed by atoms with E-state index in [2.05, 4.69) is 30.1 Å². The Labute approximate surface area is 105 Å². The van der Waals surface area contributed by atoms with Crippen LogP contribution in [0.15, 0.2) is 11.6 Å². The first-order chi connectivity index (χ1) is 8.28. The molecular weight excluding hydrogens is 212 g/mol. The molecule has 98 valence electrons. The van der Waals surface area contributed by atoms with Crippen LogP contribution in [0.5, 0.6) is 0 Å². The van der Waals surface area contributed by atoms with Gasteiger partial charge in [-0.1, -0.05) is 18.6 Å². The zero-order valence-corrected chi connectivity index (χ0v) is 11.2. The predicted octanol–water partition coefficient (Wildman–Crippen LogP) is 1.80. The van der Waals surface area contributed by atoms with E-state index >= 15 is 0 Å². The summed E-state index contributed by atoms with van der Waals surface area (Å²) in [5, 5.41) is 3.37. The molecule has 1 fully saturated rings. The summed E-state index contributed by atoms with van der Waals surface area (Å²) in [6, 6.07) is 0. The first-order valence-corrected chi connectivity index (χ1v) is 7.02. The lowest BCUT2D eigenvalue weighted by molar-refractivity contribution is 0.0251. The number of nitrogens with zero attached hydrogens (tertiary/aromatic N) is 1. The van der Waals surface area contributed by atoms with E-state index in [1.165, 1.54) is 25.8 Å². The van der Waals surface area contributed by atoms with E-state index in [9.17, 15) is 0 Å². The zero-order chi connectivity index (χ0) is 12.1. The first kappa shape index (κ1) is 13.1. The van der Waals surface area contributed by atoms with Crippen LogP contribution in [0.4, 0.5) is 0 Å². The molecule has 17 heavy (non-hydrogen) atoms. The van der Waals surface area contributed by atoms with Gasteiger partial charge in [0.05, 0.1) is 12.2 Å². The van der Waals surface area contributed by atoms with E-state index in [0.717, 1.165) is 26.2 Å². The van der Waals surface area contributed by atoms with Crippen molar-refractivity contribution in [2.24, 2.45) is 0 Å². The van der Waals surface area contributed by atoms with Gasteiger partial charge < -0.3 is 10.1 Å². The van der Waals surface area contributed by atoms with E-state index in [4.69, 9.17) is 4.74 Å². The molecule has 0 saturated carbocycles. The summed E-state index contributed by atoms with van der Waals surface area (Å²) in [5.74, 6) is 0. The van der Waals surface area contributed by atoms with Crippen LogP contribution in [0, 0.1) is 0 Å². The van der Waals surface area contributed by atoms with Crippen LogP contribution in [-0.4, -0.2) is 49.8 Å². The Morgan fingerprint density at radius 1 is 1.41 bits per heavy atom. The molecule has 0 aliphatic carbocycles. The first-order valence-electron chi connectivity index (χ1n) is 7.02. The minimum atomic E-state index is 0.446. The quantitative estimate of drug-likeness (QED) is 0.739. The third kappa shape index (κ3) is 4.09. The molecule has 0 radical (unpaired) electrons. The molecule has 1 saturated heterocycles. The Kier molecular flexibility index (Phi) is 5.01. The molecule has 0 aromatic heterocycles. The highest BCUT2D eigenvalue weighted by molar-refractivity contribution is 5.04. The largest absolute Gasteiger partial charge is 0.372 e. The SMILES string of the molecule is CCNCC1CCC(CN2CC=C(C)CC2)O1. The standard InChI is InChI=1S/C14H26N2O/c1-3-15-10-13-4-5-14(17-13)11-16-8-6-12(2)7-9-16/h6,13-15H,3-5,7-11H2,1-2H3. The zero-order valence-electron chi connectivity index (χ0n) is 11.2. The van der Waals surface area contributed by atoms with E-state index < -0.39 is 0 Å². The van der Waals surface area contributed by atoms with Gasteiger partial charge in [-0.2, -0.15) is 0 Å². The highest BCUT2D eigenvalue weighted by Gasteiger charge is 2.26. The maximum Gasteiger partial charge on any atom is 0.0707 e. The van der Waals surface area contributed by atoms with Crippen molar-refractivity contribution in [3.8, 4) is 0 Å². The minimum absolute atomic E-state index is 0.446. The van der Waals surface area contributed by atoms with Crippen molar-refractivity contribution in [2.45, 2.75) is 45.3 Å². The van der Waals surface area contributed by atoms with Crippen LogP contribution in [0.2, 0.25) is 0 Å². The average molecular weight is 238 g/mol. The molecule has 2 aliphatic rings. The smallest absolute Gasteiger partial charge is 0.0707 e. The molecular formula is C14H26N2O. The summed E-state index contributed by atoms with van der Waals surface area (Å²) in [5.41, 5.74) is 1.54. The van der Waals surface area contributed by atoms with E-state index in [-0.39, 0.29) is 0 Å². The molecule has 0 aromatic rings. The van der Waals surface area contributed by atoms with Gasteiger partial charge in [-0.25, -0.2) is 0 Å². The Hall–Kier alpha value is -0.380. The summed E-state index contributed by atoms with van der Waals surface area (Å²) >= 11 is 0. The maximum atomic E-state index is 6.07. The van der Waals surface area contributed by atoms with Crippen molar-refractivity contribution in [2.75, 3.05) is 32.7 Å².